The van der Waals surface area contributed by atoms with Crippen molar-refractivity contribution in [3.05, 3.63) is 63.7 Å². The van der Waals surface area contributed by atoms with E-state index < -0.39 is 64.5 Å². The number of carboxylic acids is 2. The third-order valence-corrected chi connectivity index (χ3v) is 3.94. The van der Waals surface area contributed by atoms with E-state index in [1.807, 2.05) is 5.32 Å². The third-order valence-electron chi connectivity index (χ3n) is 3.94. The molecule has 0 saturated heterocycles. The Balaban J connectivity index is 2.35. The molecule has 0 aromatic heterocycles. The molecule has 0 aliphatic heterocycles. The molecule has 0 heterocycles. The maximum Gasteiger partial charge on any atom is 0.326 e. The molecular weight excluding hydrogens is 394 g/mol. The molecule has 1 amide bonds. The van der Waals surface area contributed by atoms with Gasteiger partial charge in [0.15, 0.2) is 11.6 Å². The number of nitrogens with zero attached hydrogens (tertiary/aromatic N) is 1. The number of carboxylic acid groups (broad SMARTS) is 2. The predicted molar refractivity (Wildman–Crippen MR) is 94.2 cm³/mol. The first kappa shape index (κ1) is 21.4. The standard InChI is InChI=1S/C18H14F2N2O7/c19-12-4-2-9(7-13(12)20)10-1-3-11(15(8-10)22(28)29)17(25)21-14(18(26)27)5-6-16(23)24/h1-4,7-8,14H,5-6H2,(H,21,25)(H,23,24)(H,26,27)/t14-/m0/s1. The van der Waals surface area contributed by atoms with Crippen LogP contribution in [0.4, 0.5) is 14.5 Å². The van der Waals surface area contributed by atoms with Crippen molar-refractivity contribution in [3.8, 4) is 11.1 Å². The monoisotopic (exact) mass is 408 g/mol. The fourth-order valence-corrected chi connectivity index (χ4v) is 2.49. The van der Waals surface area contributed by atoms with Crippen molar-refractivity contribution in [2.75, 3.05) is 0 Å². The molecule has 152 valence electrons. The second-order valence-electron chi connectivity index (χ2n) is 5.91. The molecule has 3 N–H and O–H groups in total. The van der Waals surface area contributed by atoms with Gasteiger partial charge in [0.05, 0.1) is 4.92 Å². The van der Waals surface area contributed by atoms with E-state index in [0.29, 0.717) is 0 Å². The summed E-state index contributed by atoms with van der Waals surface area (Å²) in [6.45, 7) is 0. The van der Waals surface area contributed by atoms with Gasteiger partial charge in [-0.25, -0.2) is 13.6 Å². The smallest absolute Gasteiger partial charge is 0.326 e. The van der Waals surface area contributed by atoms with E-state index in [1.165, 1.54) is 12.1 Å². The fraction of sp³-hybridized carbons (Fsp3) is 0.167. The zero-order valence-corrected chi connectivity index (χ0v) is 14.6. The molecule has 0 fully saturated rings. The molecule has 2 rings (SSSR count). The first-order valence-electron chi connectivity index (χ1n) is 8.09. The summed E-state index contributed by atoms with van der Waals surface area (Å²) in [7, 11) is 0. The van der Waals surface area contributed by atoms with Crippen LogP contribution in [0.3, 0.4) is 0 Å². The highest BCUT2D eigenvalue weighted by molar-refractivity contribution is 6.00. The SMILES string of the molecule is O=C(O)CC[C@H](NC(=O)c1ccc(-c2ccc(F)c(F)c2)cc1[N+](=O)[O-])C(=O)O. The lowest BCUT2D eigenvalue weighted by Crippen LogP contribution is -2.41. The lowest BCUT2D eigenvalue weighted by atomic mass is 10.0. The van der Waals surface area contributed by atoms with Crippen LogP contribution in [0.1, 0.15) is 23.2 Å². The van der Waals surface area contributed by atoms with E-state index in [2.05, 4.69) is 0 Å². The lowest BCUT2D eigenvalue weighted by molar-refractivity contribution is -0.385. The van der Waals surface area contributed by atoms with Gasteiger partial charge in [-0.3, -0.25) is 19.7 Å². The van der Waals surface area contributed by atoms with Crippen LogP contribution in [0.15, 0.2) is 36.4 Å². The maximum atomic E-state index is 13.4. The maximum absolute atomic E-state index is 13.4. The molecule has 0 bridgehead atoms. The number of aliphatic carboxylic acids is 2. The number of nitro benzene ring substituents is 1. The molecular formula is C18H14F2N2O7. The second kappa shape index (κ2) is 8.87. The number of nitrogens with one attached hydrogen (secondary N) is 1. The Morgan fingerprint density at radius 1 is 1.03 bits per heavy atom. The van der Waals surface area contributed by atoms with Crippen LogP contribution >= 0.6 is 0 Å². The van der Waals surface area contributed by atoms with Crippen molar-refractivity contribution in [1.29, 1.82) is 0 Å². The number of hydrogen-bond acceptors (Lipinski definition) is 5. The number of halogens is 2. The lowest BCUT2D eigenvalue weighted by Gasteiger charge is -2.14. The van der Waals surface area contributed by atoms with Crippen LogP contribution in [0.2, 0.25) is 0 Å². The number of amides is 1. The fourth-order valence-electron chi connectivity index (χ4n) is 2.49. The van der Waals surface area contributed by atoms with Gasteiger partial charge < -0.3 is 15.5 Å². The summed E-state index contributed by atoms with van der Waals surface area (Å²) in [6.07, 6.45) is -0.953. The number of rotatable bonds is 8. The molecule has 0 unspecified atom stereocenters. The van der Waals surface area contributed by atoms with Gasteiger partial charge in [-0.05, 0) is 35.7 Å². The number of benzene rings is 2. The summed E-state index contributed by atoms with van der Waals surface area (Å²) in [5.74, 6) is -6.12. The summed E-state index contributed by atoms with van der Waals surface area (Å²) < 4.78 is 26.5. The van der Waals surface area contributed by atoms with E-state index in [9.17, 15) is 33.3 Å². The normalized spacial score (nSPS) is 11.5. The highest BCUT2D eigenvalue weighted by Gasteiger charge is 2.26. The van der Waals surface area contributed by atoms with Crippen LogP contribution in [0.25, 0.3) is 11.1 Å². The van der Waals surface area contributed by atoms with Crippen LogP contribution in [-0.4, -0.2) is 39.0 Å². The van der Waals surface area contributed by atoms with E-state index >= 15 is 0 Å². The van der Waals surface area contributed by atoms with E-state index in [0.717, 1.165) is 24.3 Å². The first-order valence-corrected chi connectivity index (χ1v) is 8.09. The van der Waals surface area contributed by atoms with Gasteiger partial charge >= 0.3 is 11.9 Å². The van der Waals surface area contributed by atoms with Crippen molar-refractivity contribution in [2.45, 2.75) is 18.9 Å². The van der Waals surface area contributed by atoms with E-state index in [4.69, 9.17) is 10.2 Å². The zero-order chi connectivity index (χ0) is 21.7. The predicted octanol–water partition coefficient (Wildman–Crippen LogP) is 2.59. The van der Waals surface area contributed by atoms with Gasteiger partial charge in [0.1, 0.15) is 11.6 Å². The largest absolute Gasteiger partial charge is 0.481 e. The average molecular weight is 408 g/mol. The molecule has 11 heteroatoms. The summed E-state index contributed by atoms with van der Waals surface area (Å²) in [6, 6.07) is 4.57. The van der Waals surface area contributed by atoms with E-state index in [1.54, 1.807) is 0 Å². The van der Waals surface area contributed by atoms with Gasteiger partial charge in [-0.15, -0.1) is 0 Å². The molecule has 0 aliphatic rings. The Labute approximate surface area is 161 Å². The third kappa shape index (κ3) is 5.31. The number of carbonyl (C=O) groups is 3. The molecule has 0 radical (unpaired) electrons. The molecule has 0 spiro atoms. The topological polar surface area (TPSA) is 147 Å². The molecule has 9 nitrogen and oxygen atoms in total. The molecule has 0 saturated carbocycles. The summed E-state index contributed by atoms with van der Waals surface area (Å²) in [4.78, 5) is 44.6. The van der Waals surface area contributed by atoms with Crippen molar-refractivity contribution in [1.82, 2.24) is 5.32 Å². The summed E-state index contributed by atoms with van der Waals surface area (Å²) in [5, 5.41) is 31.1. The van der Waals surface area contributed by atoms with Crippen molar-refractivity contribution in [3.63, 3.8) is 0 Å². The van der Waals surface area contributed by atoms with Crippen molar-refractivity contribution in [2.24, 2.45) is 0 Å². The number of hydrogen-bond donors (Lipinski definition) is 3. The van der Waals surface area contributed by atoms with Crippen LogP contribution in [-0.2, 0) is 9.59 Å². The van der Waals surface area contributed by atoms with Crippen LogP contribution in [0, 0.1) is 21.7 Å². The van der Waals surface area contributed by atoms with Gasteiger partial charge in [-0.1, -0.05) is 12.1 Å². The Morgan fingerprint density at radius 2 is 1.66 bits per heavy atom. The highest BCUT2D eigenvalue weighted by Crippen LogP contribution is 2.28. The van der Waals surface area contributed by atoms with Gasteiger partial charge in [0.2, 0.25) is 0 Å². The molecule has 29 heavy (non-hydrogen) atoms. The molecule has 0 aliphatic carbocycles. The highest BCUT2D eigenvalue weighted by atomic mass is 19.2. The minimum atomic E-state index is -1.57. The van der Waals surface area contributed by atoms with Gasteiger partial charge in [0.25, 0.3) is 11.6 Å². The number of nitro groups is 1. The first-order chi connectivity index (χ1) is 13.6. The van der Waals surface area contributed by atoms with Crippen molar-refractivity contribution >= 4 is 23.5 Å². The van der Waals surface area contributed by atoms with Crippen LogP contribution in [0.5, 0.6) is 0 Å². The Bertz CT molecular complexity index is 994. The van der Waals surface area contributed by atoms with E-state index in [-0.39, 0.29) is 11.1 Å². The minimum absolute atomic E-state index is 0.129. The van der Waals surface area contributed by atoms with Gasteiger partial charge in [-0.2, -0.15) is 0 Å². The quantitative estimate of drug-likeness (QED) is 0.449. The Hall–Kier alpha value is -3.89. The number of carbonyl (C=O) groups excluding carboxylic acids is 1. The molecule has 2 aromatic rings. The minimum Gasteiger partial charge on any atom is -0.481 e. The Morgan fingerprint density at radius 3 is 2.21 bits per heavy atom. The van der Waals surface area contributed by atoms with Gasteiger partial charge in [0, 0.05) is 12.5 Å². The Kier molecular flexibility index (Phi) is 6.55. The van der Waals surface area contributed by atoms with Crippen molar-refractivity contribution < 1.29 is 38.3 Å². The van der Waals surface area contributed by atoms with Crippen LogP contribution < -0.4 is 5.32 Å². The zero-order valence-electron chi connectivity index (χ0n) is 14.6. The average Bonchev–Trinajstić information content (AvgIpc) is 2.66. The molecule has 1 atom stereocenters. The summed E-state index contributed by atoms with van der Waals surface area (Å²) in [5.41, 5.74) is -0.897. The summed E-state index contributed by atoms with van der Waals surface area (Å²) >= 11 is 0. The second-order valence-corrected chi connectivity index (χ2v) is 5.91. The molecule has 2 aromatic carbocycles.